The molecule has 1 N–H and O–H groups in total. The van der Waals surface area contributed by atoms with Crippen molar-refractivity contribution in [1.29, 1.82) is 5.26 Å². The molecular weight excluding hydrogens is 202 g/mol. The van der Waals surface area contributed by atoms with Gasteiger partial charge in [0.05, 0.1) is 19.1 Å². The fourth-order valence-electron chi connectivity index (χ4n) is 1.75. The highest BCUT2D eigenvalue weighted by molar-refractivity contribution is 5.33. The lowest BCUT2D eigenvalue weighted by Gasteiger charge is -2.28. The number of methoxy groups -OCH3 is 1. The topological polar surface area (TPSA) is 53.2 Å². The lowest BCUT2D eigenvalue weighted by Crippen LogP contribution is -2.30. The number of aliphatic hydroxyl groups is 1. The fourth-order valence-corrected chi connectivity index (χ4v) is 1.75. The van der Waals surface area contributed by atoms with Gasteiger partial charge in [-0.15, -0.1) is 0 Å². The van der Waals surface area contributed by atoms with Crippen LogP contribution in [0.4, 0.5) is 0 Å². The van der Waals surface area contributed by atoms with Crippen LogP contribution in [0, 0.1) is 17.2 Å². The lowest BCUT2D eigenvalue weighted by atomic mass is 9.82. The van der Waals surface area contributed by atoms with Crippen molar-refractivity contribution in [2.45, 2.75) is 25.9 Å². The molecule has 0 aliphatic heterocycles. The highest BCUT2D eigenvalue weighted by Gasteiger charge is 2.32. The molecule has 0 bridgehead atoms. The molecule has 2 atom stereocenters. The zero-order valence-electron chi connectivity index (χ0n) is 9.90. The van der Waals surface area contributed by atoms with Crippen molar-refractivity contribution in [2.24, 2.45) is 5.92 Å². The van der Waals surface area contributed by atoms with Gasteiger partial charge < -0.3 is 9.84 Å². The highest BCUT2D eigenvalue weighted by atomic mass is 16.5. The molecule has 0 radical (unpaired) electrons. The molecule has 0 fully saturated rings. The number of hydrogen-bond donors (Lipinski definition) is 1. The molecule has 0 saturated heterocycles. The average molecular weight is 219 g/mol. The maximum atomic E-state index is 10.4. The summed E-state index contributed by atoms with van der Waals surface area (Å²) in [5.74, 6) is 0.269. The zero-order valence-corrected chi connectivity index (χ0v) is 9.90. The average Bonchev–Trinajstić information content (AvgIpc) is 2.30. The summed E-state index contributed by atoms with van der Waals surface area (Å²) in [5, 5.41) is 19.4. The Morgan fingerprint density at radius 2 is 2.25 bits per heavy atom. The van der Waals surface area contributed by atoms with Gasteiger partial charge in [0.15, 0.2) is 0 Å². The first-order valence-corrected chi connectivity index (χ1v) is 5.32. The standard InChI is InChI=1S/C13H17NO2/c1-4-10(9-14)13(2,15)11-6-5-7-12(8-11)16-3/h5-8,10,15H,4H2,1-3H3. The molecule has 3 heteroatoms. The van der Waals surface area contributed by atoms with Crippen LogP contribution in [-0.2, 0) is 5.60 Å². The van der Waals surface area contributed by atoms with Crippen molar-refractivity contribution < 1.29 is 9.84 Å². The highest BCUT2D eigenvalue weighted by Crippen LogP contribution is 2.32. The van der Waals surface area contributed by atoms with Gasteiger partial charge in [-0.3, -0.25) is 0 Å². The Morgan fingerprint density at radius 3 is 2.75 bits per heavy atom. The second kappa shape index (κ2) is 5.00. The molecule has 0 aliphatic carbocycles. The Bertz CT molecular complexity index is 393. The van der Waals surface area contributed by atoms with Crippen LogP contribution >= 0.6 is 0 Å². The smallest absolute Gasteiger partial charge is 0.119 e. The largest absolute Gasteiger partial charge is 0.497 e. The van der Waals surface area contributed by atoms with E-state index >= 15 is 0 Å². The number of benzene rings is 1. The molecule has 0 saturated carbocycles. The summed E-state index contributed by atoms with van der Waals surface area (Å²) < 4.78 is 5.10. The third-order valence-corrected chi connectivity index (χ3v) is 2.90. The van der Waals surface area contributed by atoms with Gasteiger partial charge in [0.2, 0.25) is 0 Å². The van der Waals surface area contributed by atoms with Crippen LogP contribution in [0.3, 0.4) is 0 Å². The van der Waals surface area contributed by atoms with Gasteiger partial charge in [-0.1, -0.05) is 19.1 Å². The lowest BCUT2D eigenvalue weighted by molar-refractivity contribution is 0.0149. The van der Waals surface area contributed by atoms with E-state index in [0.29, 0.717) is 17.7 Å². The number of rotatable bonds is 4. The summed E-state index contributed by atoms with van der Waals surface area (Å²) in [7, 11) is 1.58. The zero-order chi connectivity index (χ0) is 12.2. The number of ether oxygens (including phenoxy) is 1. The third kappa shape index (κ3) is 2.34. The quantitative estimate of drug-likeness (QED) is 0.846. The van der Waals surface area contributed by atoms with Crippen LogP contribution in [0.15, 0.2) is 24.3 Å². The van der Waals surface area contributed by atoms with Crippen molar-refractivity contribution in [1.82, 2.24) is 0 Å². The van der Waals surface area contributed by atoms with E-state index < -0.39 is 11.5 Å². The fraction of sp³-hybridized carbons (Fsp3) is 0.462. The van der Waals surface area contributed by atoms with E-state index in [-0.39, 0.29) is 0 Å². The van der Waals surface area contributed by atoms with Crippen LogP contribution in [0.25, 0.3) is 0 Å². The van der Waals surface area contributed by atoms with E-state index in [4.69, 9.17) is 10.00 Å². The molecule has 16 heavy (non-hydrogen) atoms. The molecule has 0 aliphatic rings. The molecule has 1 rings (SSSR count). The molecular formula is C13H17NO2. The van der Waals surface area contributed by atoms with Gasteiger partial charge in [0, 0.05) is 0 Å². The van der Waals surface area contributed by atoms with Crippen LogP contribution < -0.4 is 4.74 Å². The van der Waals surface area contributed by atoms with E-state index in [1.165, 1.54) is 0 Å². The first-order valence-electron chi connectivity index (χ1n) is 5.32. The minimum Gasteiger partial charge on any atom is -0.497 e. The van der Waals surface area contributed by atoms with E-state index in [2.05, 4.69) is 6.07 Å². The Balaban J connectivity index is 3.11. The second-order valence-electron chi connectivity index (χ2n) is 3.97. The summed E-state index contributed by atoms with van der Waals surface area (Å²) in [4.78, 5) is 0. The van der Waals surface area contributed by atoms with Crippen molar-refractivity contribution in [3.8, 4) is 11.8 Å². The van der Waals surface area contributed by atoms with E-state index in [9.17, 15) is 5.11 Å². The molecule has 3 nitrogen and oxygen atoms in total. The van der Waals surface area contributed by atoms with E-state index in [1.807, 2.05) is 25.1 Å². The predicted molar refractivity (Wildman–Crippen MR) is 62.0 cm³/mol. The monoisotopic (exact) mass is 219 g/mol. The van der Waals surface area contributed by atoms with Gasteiger partial charge in [-0.05, 0) is 31.0 Å². The molecule has 0 spiro atoms. The second-order valence-corrected chi connectivity index (χ2v) is 3.97. The van der Waals surface area contributed by atoms with E-state index in [0.717, 1.165) is 0 Å². The molecule has 1 aromatic rings. The molecule has 2 unspecified atom stereocenters. The Kier molecular flexibility index (Phi) is 3.92. The van der Waals surface area contributed by atoms with Gasteiger partial charge in [0.1, 0.15) is 11.4 Å². The van der Waals surface area contributed by atoms with Crippen molar-refractivity contribution in [2.75, 3.05) is 7.11 Å². The van der Waals surface area contributed by atoms with Crippen molar-refractivity contribution in [3.63, 3.8) is 0 Å². The van der Waals surface area contributed by atoms with Gasteiger partial charge >= 0.3 is 0 Å². The predicted octanol–water partition coefficient (Wildman–Crippen LogP) is 2.45. The summed E-state index contributed by atoms with van der Waals surface area (Å²) in [5.41, 5.74) is -0.432. The van der Waals surface area contributed by atoms with Crippen molar-refractivity contribution >= 4 is 0 Å². The summed E-state index contributed by atoms with van der Waals surface area (Å²) in [6, 6.07) is 9.33. The molecule has 0 aromatic heterocycles. The maximum Gasteiger partial charge on any atom is 0.119 e. The van der Waals surface area contributed by atoms with Crippen LogP contribution in [0.1, 0.15) is 25.8 Å². The Morgan fingerprint density at radius 1 is 1.56 bits per heavy atom. The molecule has 0 heterocycles. The molecule has 86 valence electrons. The van der Waals surface area contributed by atoms with Gasteiger partial charge in [-0.2, -0.15) is 5.26 Å². The Labute approximate surface area is 96.3 Å². The van der Waals surface area contributed by atoms with Crippen LogP contribution in [0.2, 0.25) is 0 Å². The number of nitriles is 1. The van der Waals surface area contributed by atoms with Crippen LogP contribution in [0.5, 0.6) is 5.75 Å². The first kappa shape index (κ1) is 12.5. The first-order chi connectivity index (χ1) is 7.56. The van der Waals surface area contributed by atoms with Gasteiger partial charge in [-0.25, -0.2) is 0 Å². The van der Waals surface area contributed by atoms with Crippen molar-refractivity contribution in [3.05, 3.63) is 29.8 Å². The molecule has 1 aromatic carbocycles. The number of hydrogen-bond acceptors (Lipinski definition) is 3. The van der Waals surface area contributed by atoms with Crippen LogP contribution in [-0.4, -0.2) is 12.2 Å². The normalized spacial score (nSPS) is 15.9. The summed E-state index contributed by atoms with van der Waals surface area (Å²) >= 11 is 0. The van der Waals surface area contributed by atoms with Gasteiger partial charge in [0.25, 0.3) is 0 Å². The minimum absolute atomic E-state index is 0.417. The third-order valence-electron chi connectivity index (χ3n) is 2.90. The SMILES string of the molecule is CCC(C#N)C(C)(O)c1cccc(OC)c1. The summed E-state index contributed by atoms with van der Waals surface area (Å²) in [6.45, 7) is 3.56. The molecule has 0 amide bonds. The van der Waals surface area contributed by atoms with E-state index in [1.54, 1.807) is 20.1 Å². The Hall–Kier alpha value is -1.53. The maximum absolute atomic E-state index is 10.4. The summed E-state index contributed by atoms with van der Waals surface area (Å²) in [6.07, 6.45) is 0.612. The minimum atomic E-state index is -1.14. The number of nitrogens with zero attached hydrogens (tertiary/aromatic N) is 1.